The molecule has 79 heavy (non-hydrogen) atoms. The van der Waals surface area contributed by atoms with Crippen molar-refractivity contribution in [1.82, 2.24) is 15.0 Å². The van der Waals surface area contributed by atoms with Gasteiger partial charge in [0.1, 0.15) is 12.7 Å². The highest BCUT2D eigenvalue weighted by atomic mass is 15.2. The minimum atomic E-state index is -0.182. The Labute approximate surface area is 458 Å². The van der Waals surface area contributed by atoms with E-state index in [1.807, 2.05) is 0 Å². The Morgan fingerprint density at radius 2 is 0.633 bits per heavy atom. The van der Waals surface area contributed by atoms with Crippen LogP contribution < -0.4 is 26.2 Å². The van der Waals surface area contributed by atoms with Gasteiger partial charge in [0.25, 0.3) is 6.71 Å². The molecule has 0 saturated carbocycles. The number of hydrogen-bond acceptors (Lipinski definition) is 5. The van der Waals surface area contributed by atoms with E-state index in [4.69, 9.17) is 9.97 Å². The van der Waals surface area contributed by atoms with Crippen LogP contribution in [0.25, 0.3) is 99.0 Å². The molecule has 0 saturated heterocycles. The van der Waals surface area contributed by atoms with Crippen LogP contribution in [-0.2, 0) is 0 Å². The van der Waals surface area contributed by atoms with Gasteiger partial charge < -0.3 is 9.80 Å². The zero-order valence-electron chi connectivity index (χ0n) is 42.9. The van der Waals surface area contributed by atoms with E-state index in [-0.39, 0.29) is 6.71 Å². The van der Waals surface area contributed by atoms with Gasteiger partial charge in [-0.3, -0.25) is 0 Å². The van der Waals surface area contributed by atoms with Gasteiger partial charge in [-0.2, -0.15) is 0 Å². The molecule has 0 fully saturated rings. The van der Waals surface area contributed by atoms with Crippen LogP contribution in [0.5, 0.6) is 0 Å². The van der Waals surface area contributed by atoms with Crippen LogP contribution in [0.3, 0.4) is 0 Å². The zero-order chi connectivity index (χ0) is 52.0. The fourth-order valence-electron chi connectivity index (χ4n) is 12.7. The monoisotopic (exact) mass is 1000 g/mol. The van der Waals surface area contributed by atoms with Crippen molar-refractivity contribution in [2.45, 2.75) is 0 Å². The Bertz CT molecular complexity index is 4330. The Hall–Kier alpha value is -10.4. The van der Waals surface area contributed by atoms with E-state index in [0.29, 0.717) is 5.82 Å². The average molecular weight is 1000 g/mol. The molecule has 0 bridgehead atoms. The molecule has 13 aromatic carbocycles. The fraction of sp³-hybridized carbons (Fsp3) is 0. The molecule has 14 aromatic rings. The second-order valence-electron chi connectivity index (χ2n) is 20.8. The lowest BCUT2D eigenvalue weighted by Crippen LogP contribution is -2.61. The molecule has 0 aliphatic carbocycles. The molecule has 3 heterocycles. The van der Waals surface area contributed by atoms with Crippen molar-refractivity contribution in [2.75, 3.05) is 9.80 Å². The molecule has 0 radical (unpaired) electrons. The highest BCUT2D eigenvalue weighted by molar-refractivity contribution is 7.00. The van der Waals surface area contributed by atoms with Gasteiger partial charge in [0.05, 0.1) is 0 Å². The van der Waals surface area contributed by atoms with Crippen LogP contribution in [0, 0.1) is 0 Å². The smallest absolute Gasteiger partial charge is 0.252 e. The van der Waals surface area contributed by atoms with E-state index in [1.54, 1.807) is 12.7 Å². The van der Waals surface area contributed by atoms with Crippen molar-refractivity contribution in [3.63, 3.8) is 0 Å². The van der Waals surface area contributed by atoms with Gasteiger partial charge in [-0.1, -0.05) is 206 Å². The van der Waals surface area contributed by atoms with Gasteiger partial charge in [-0.25, -0.2) is 15.0 Å². The van der Waals surface area contributed by atoms with E-state index in [1.165, 1.54) is 59.5 Å². The lowest BCUT2D eigenvalue weighted by atomic mass is 9.33. The predicted molar refractivity (Wildman–Crippen MR) is 331 cm³/mol. The summed E-state index contributed by atoms with van der Waals surface area (Å²) in [7, 11) is 0. The average Bonchev–Trinajstić information content (AvgIpc) is 3.61. The minimum Gasteiger partial charge on any atom is -0.311 e. The zero-order valence-corrected chi connectivity index (χ0v) is 42.9. The Balaban J connectivity index is 1.07. The maximum atomic E-state index is 4.90. The fourth-order valence-corrected chi connectivity index (χ4v) is 12.7. The standard InChI is InChI=1S/C73H46BN5/c1-5-17-47(18-6-1)55-33-56(48-19-7-2-8-20-48)36-60(35-55)78-68-43-64-53(31-29-51-25-13-15-27-62(51)64)39-66(68)74-67-40-54-32-30-52-26-14-16-28-63(52)65(54)44-69(67)79(71-42-59(41-70(78)72(71)74)73-76-45-75-46-77-73)61-37-57(49-21-9-3-10-22-49)34-58(38-61)50-23-11-4-12-24-50/h1-46H. The number of aromatic nitrogens is 3. The van der Waals surface area contributed by atoms with E-state index in [9.17, 15) is 0 Å². The molecule has 5 nitrogen and oxygen atoms in total. The lowest BCUT2D eigenvalue weighted by molar-refractivity contribution is 1.05. The number of rotatable bonds is 7. The highest BCUT2D eigenvalue weighted by Crippen LogP contribution is 2.50. The molecular formula is C73H46BN5. The van der Waals surface area contributed by atoms with Crippen molar-refractivity contribution in [2.24, 2.45) is 0 Å². The summed E-state index contributed by atoms with van der Waals surface area (Å²) in [6.45, 7) is -0.182. The van der Waals surface area contributed by atoms with Crippen molar-refractivity contribution >= 4 is 100 Å². The largest absolute Gasteiger partial charge is 0.311 e. The van der Waals surface area contributed by atoms with E-state index in [0.717, 1.165) is 84.2 Å². The first-order chi connectivity index (χ1) is 39.1. The molecule has 2 aliphatic heterocycles. The van der Waals surface area contributed by atoms with Crippen molar-refractivity contribution in [1.29, 1.82) is 0 Å². The lowest BCUT2D eigenvalue weighted by Gasteiger charge is -2.45. The predicted octanol–water partition coefficient (Wildman–Crippen LogP) is 16.9. The van der Waals surface area contributed by atoms with Crippen LogP contribution in [0.4, 0.5) is 34.1 Å². The van der Waals surface area contributed by atoms with Gasteiger partial charge in [-0.15, -0.1) is 0 Å². The van der Waals surface area contributed by atoms with Gasteiger partial charge in [0, 0.05) is 39.7 Å². The van der Waals surface area contributed by atoms with Crippen molar-refractivity contribution in [3.8, 4) is 55.9 Å². The summed E-state index contributed by atoms with van der Waals surface area (Å²) in [4.78, 5) is 19.2. The van der Waals surface area contributed by atoms with Gasteiger partial charge in [0.15, 0.2) is 5.82 Å². The maximum Gasteiger partial charge on any atom is 0.252 e. The normalized spacial score (nSPS) is 12.5. The molecular weight excluding hydrogens is 958 g/mol. The Morgan fingerprint density at radius 1 is 0.266 bits per heavy atom. The summed E-state index contributed by atoms with van der Waals surface area (Å²) in [5, 5.41) is 9.66. The molecule has 0 amide bonds. The van der Waals surface area contributed by atoms with E-state index in [2.05, 4.69) is 282 Å². The first-order valence-electron chi connectivity index (χ1n) is 27.0. The third kappa shape index (κ3) is 7.44. The van der Waals surface area contributed by atoms with Crippen LogP contribution in [-0.4, -0.2) is 21.7 Å². The maximum absolute atomic E-state index is 4.90. The number of hydrogen-bond donors (Lipinski definition) is 0. The highest BCUT2D eigenvalue weighted by Gasteiger charge is 2.44. The van der Waals surface area contributed by atoms with Crippen molar-refractivity contribution in [3.05, 3.63) is 280 Å². The van der Waals surface area contributed by atoms with Gasteiger partial charge >= 0.3 is 0 Å². The first-order valence-corrected chi connectivity index (χ1v) is 27.0. The third-order valence-electron chi connectivity index (χ3n) is 16.3. The second kappa shape index (κ2) is 18.1. The number of fused-ring (bicyclic) bond motifs is 10. The quantitative estimate of drug-likeness (QED) is 0.118. The van der Waals surface area contributed by atoms with Crippen LogP contribution >= 0.6 is 0 Å². The molecule has 1 aromatic heterocycles. The number of nitrogens with zero attached hydrogens (tertiary/aromatic N) is 5. The van der Waals surface area contributed by atoms with Gasteiger partial charge in [0.2, 0.25) is 0 Å². The molecule has 0 unspecified atom stereocenters. The summed E-state index contributed by atoms with van der Waals surface area (Å²) in [6.07, 6.45) is 3.21. The molecule has 0 spiro atoms. The summed E-state index contributed by atoms with van der Waals surface area (Å²) < 4.78 is 0. The minimum absolute atomic E-state index is 0.182. The molecule has 0 atom stereocenters. The first kappa shape index (κ1) is 44.8. The van der Waals surface area contributed by atoms with E-state index >= 15 is 0 Å². The number of anilines is 6. The Kier molecular flexibility index (Phi) is 10.3. The number of benzene rings is 13. The topological polar surface area (TPSA) is 45.2 Å². The summed E-state index contributed by atoms with van der Waals surface area (Å²) in [5.41, 5.74) is 20.1. The molecule has 16 rings (SSSR count). The molecule has 366 valence electrons. The SMILES string of the molecule is c1ccc(-c2cc(-c3ccccc3)cc(N3c4cc5c(ccc6ccccc65)cc4B4c5cc6ccc7ccccc7c6cc5N(c5cc(-c6ccccc6)cc(-c6ccccc6)c5)c5cc(-c6ncncn6)cc3c54)c2)cc1. The van der Waals surface area contributed by atoms with Crippen LogP contribution in [0.15, 0.2) is 280 Å². The second-order valence-corrected chi connectivity index (χ2v) is 20.8. The van der Waals surface area contributed by atoms with Crippen LogP contribution in [0.1, 0.15) is 0 Å². The van der Waals surface area contributed by atoms with E-state index < -0.39 is 0 Å². The van der Waals surface area contributed by atoms with Crippen LogP contribution in [0.2, 0.25) is 0 Å². The third-order valence-corrected chi connectivity index (χ3v) is 16.3. The molecule has 6 heteroatoms. The molecule has 0 N–H and O–H groups in total. The Morgan fingerprint density at radius 3 is 1.04 bits per heavy atom. The summed E-state index contributed by atoms with van der Waals surface area (Å²) in [5.74, 6) is 0.599. The summed E-state index contributed by atoms with van der Waals surface area (Å²) >= 11 is 0. The van der Waals surface area contributed by atoms with Crippen molar-refractivity contribution < 1.29 is 0 Å². The summed E-state index contributed by atoms with van der Waals surface area (Å²) in [6, 6.07) is 98.7. The molecule has 2 aliphatic rings. The van der Waals surface area contributed by atoms with Gasteiger partial charge in [-0.05, 0) is 165 Å².